The van der Waals surface area contributed by atoms with E-state index in [4.69, 9.17) is 0 Å². The van der Waals surface area contributed by atoms with Crippen molar-refractivity contribution in [1.82, 2.24) is 15.2 Å². The average Bonchev–Trinajstić information content (AvgIpc) is 3.21. The summed E-state index contributed by atoms with van der Waals surface area (Å²) in [7, 11) is -3.99. The number of allylic oxidation sites excluding steroid dienone is 2. The summed E-state index contributed by atoms with van der Waals surface area (Å²) in [4.78, 5) is 17.4. The van der Waals surface area contributed by atoms with Gasteiger partial charge in [-0.2, -0.15) is 17.9 Å². The van der Waals surface area contributed by atoms with Crippen LogP contribution in [-0.4, -0.2) is 35.1 Å². The van der Waals surface area contributed by atoms with Crippen molar-refractivity contribution in [3.63, 3.8) is 0 Å². The van der Waals surface area contributed by atoms with Crippen LogP contribution in [0.5, 0.6) is 0 Å². The van der Waals surface area contributed by atoms with E-state index in [-0.39, 0.29) is 16.4 Å². The van der Waals surface area contributed by atoms with E-state index in [9.17, 15) is 13.2 Å². The molecule has 1 aliphatic rings. The van der Waals surface area contributed by atoms with E-state index in [1.165, 1.54) is 12.4 Å². The summed E-state index contributed by atoms with van der Waals surface area (Å²) in [5, 5.41) is 6.90. The number of sulfonamides is 1. The lowest BCUT2D eigenvalue weighted by molar-refractivity contribution is 0.104. The van der Waals surface area contributed by atoms with Crippen LogP contribution in [0.1, 0.15) is 32.6 Å². The zero-order valence-electron chi connectivity index (χ0n) is 16.5. The number of thioether (sulfide) groups is 1. The topological polar surface area (TPSA) is 105 Å². The molecule has 9 heteroatoms. The first-order valence-corrected chi connectivity index (χ1v) is 11.3. The first-order chi connectivity index (χ1) is 14.3. The molecule has 152 valence electrons. The molecule has 0 fully saturated rings. The van der Waals surface area contributed by atoms with Crippen LogP contribution in [0.4, 0.5) is 0 Å². The number of hydrogen-bond donors (Lipinski definition) is 1. The van der Waals surface area contributed by atoms with Gasteiger partial charge in [0.05, 0.1) is 15.5 Å². The highest BCUT2D eigenvalue weighted by Crippen LogP contribution is 2.32. The Hall–Kier alpha value is -3.04. The van der Waals surface area contributed by atoms with Gasteiger partial charge in [-0.15, -0.1) is 0 Å². The Morgan fingerprint density at radius 1 is 1.00 bits per heavy atom. The number of nitrogens with one attached hydrogen (secondary N) is 1. The lowest BCUT2D eigenvalue weighted by atomic mass is 9.94. The summed E-state index contributed by atoms with van der Waals surface area (Å²) in [6.07, 6.45) is 2.83. The third-order valence-corrected chi connectivity index (χ3v) is 7.17. The van der Waals surface area contributed by atoms with Crippen molar-refractivity contribution >= 4 is 33.3 Å². The Balaban J connectivity index is 1.86. The summed E-state index contributed by atoms with van der Waals surface area (Å²) in [6.45, 7) is 5.55. The summed E-state index contributed by atoms with van der Waals surface area (Å²) < 4.78 is 30.5. The van der Waals surface area contributed by atoms with Crippen molar-refractivity contribution in [3.05, 3.63) is 81.5 Å². The predicted molar refractivity (Wildman–Crippen MR) is 115 cm³/mol. The molecule has 1 N–H and O–H groups in total. The van der Waals surface area contributed by atoms with Crippen molar-refractivity contribution in [1.29, 1.82) is 0 Å². The summed E-state index contributed by atoms with van der Waals surface area (Å²) in [6, 6.07) is 10.3. The highest BCUT2D eigenvalue weighted by molar-refractivity contribution is 8.04. The summed E-state index contributed by atoms with van der Waals surface area (Å²) in [5.41, 5.74) is 3.60. The standard InChI is InChI=1S/C21H18N4O3S2/c1-12-8-14(3)19(9-13(12)2)30(27,28)25-17-10-18(29-21-22-11-23-24-21)20(26)16-7-5-4-6-15(16)17/h4-11H,1-3H3,(H,22,23,24)/b25-17+. The number of H-pyrrole nitrogens is 1. The monoisotopic (exact) mass is 438 g/mol. The minimum Gasteiger partial charge on any atom is -0.288 e. The molecule has 0 aliphatic heterocycles. The van der Waals surface area contributed by atoms with Gasteiger partial charge in [0.15, 0.2) is 5.16 Å². The molecule has 0 radical (unpaired) electrons. The maximum atomic E-state index is 13.2. The third kappa shape index (κ3) is 3.73. The predicted octanol–water partition coefficient (Wildman–Crippen LogP) is 3.78. The Morgan fingerprint density at radius 3 is 2.40 bits per heavy atom. The molecule has 1 aliphatic carbocycles. The highest BCUT2D eigenvalue weighted by atomic mass is 32.2. The Bertz CT molecular complexity index is 1320. The van der Waals surface area contributed by atoms with Gasteiger partial charge in [-0.3, -0.25) is 9.89 Å². The van der Waals surface area contributed by atoms with Crippen LogP contribution in [0.3, 0.4) is 0 Å². The van der Waals surface area contributed by atoms with E-state index < -0.39 is 10.0 Å². The molecule has 1 heterocycles. The Kier molecular flexibility index (Phi) is 5.17. The lowest BCUT2D eigenvalue weighted by Gasteiger charge is -2.16. The number of rotatable bonds is 4. The van der Waals surface area contributed by atoms with Gasteiger partial charge in [-0.1, -0.05) is 30.3 Å². The fraction of sp³-hybridized carbons (Fsp3) is 0.143. The van der Waals surface area contributed by atoms with Gasteiger partial charge in [0.2, 0.25) is 5.78 Å². The molecular formula is C21H18N4O3S2. The molecule has 0 saturated heterocycles. The van der Waals surface area contributed by atoms with Crippen molar-refractivity contribution in [3.8, 4) is 0 Å². The van der Waals surface area contributed by atoms with Gasteiger partial charge < -0.3 is 0 Å². The zero-order chi connectivity index (χ0) is 21.5. The molecule has 0 unspecified atom stereocenters. The third-order valence-electron chi connectivity index (χ3n) is 4.83. The number of ketones is 1. The number of aromatic amines is 1. The number of fused-ring (bicyclic) bond motifs is 1. The number of aromatic nitrogens is 3. The van der Waals surface area contributed by atoms with Crippen LogP contribution in [0.15, 0.2) is 68.2 Å². The molecule has 1 aromatic heterocycles. The first kappa shape index (κ1) is 20.2. The van der Waals surface area contributed by atoms with E-state index in [0.29, 0.717) is 26.8 Å². The summed E-state index contributed by atoms with van der Waals surface area (Å²) >= 11 is 1.08. The molecule has 30 heavy (non-hydrogen) atoms. The number of carbonyl (C=O) groups is 1. The SMILES string of the molecule is Cc1cc(C)c(S(=O)(=O)/N=C2\C=C(Sc3ncn[nH]3)C(=O)c3ccccc32)cc1C. The van der Waals surface area contributed by atoms with E-state index in [2.05, 4.69) is 19.6 Å². The van der Waals surface area contributed by atoms with Crippen LogP contribution in [0, 0.1) is 20.8 Å². The molecule has 7 nitrogen and oxygen atoms in total. The quantitative estimate of drug-likeness (QED) is 0.665. The minimum absolute atomic E-state index is 0.158. The highest BCUT2D eigenvalue weighted by Gasteiger charge is 2.27. The van der Waals surface area contributed by atoms with Gasteiger partial charge in [-0.05, 0) is 61.4 Å². The summed E-state index contributed by atoms with van der Waals surface area (Å²) in [5.74, 6) is -0.217. The molecule has 0 spiro atoms. The second-order valence-corrected chi connectivity index (χ2v) is 9.53. The molecule has 4 rings (SSSR count). The molecule has 0 bridgehead atoms. The fourth-order valence-corrected chi connectivity index (χ4v) is 5.27. The van der Waals surface area contributed by atoms with Gasteiger partial charge in [0.25, 0.3) is 10.0 Å². The number of carbonyl (C=O) groups excluding carboxylic acids is 1. The lowest BCUT2D eigenvalue weighted by Crippen LogP contribution is -2.17. The molecule has 0 amide bonds. The minimum atomic E-state index is -3.99. The van der Waals surface area contributed by atoms with Crippen molar-refractivity contribution in [2.75, 3.05) is 0 Å². The maximum absolute atomic E-state index is 13.2. The van der Waals surface area contributed by atoms with Crippen molar-refractivity contribution < 1.29 is 13.2 Å². The Labute approximate surface area is 178 Å². The van der Waals surface area contributed by atoms with Gasteiger partial charge in [0.1, 0.15) is 6.33 Å². The number of aryl methyl sites for hydroxylation is 3. The van der Waals surface area contributed by atoms with Crippen LogP contribution in [-0.2, 0) is 10.0 Å². The molecule has 2 aromatic carbocycles. The van der Waals surface area contributed by atoms with Crippen LogP contribution in [0.25, 0.3) is 0 Å². The van der Waals surface area contributed by atoms with Gasteiger partial charge >= 0.3 is 0 Å². The van der Waals surface area contributed by atoms with Crippen molar-refractivity contribution in [2.45, 2.75) is 30.8 Å². The van der Waals surface area contributed by atoms with Crippen LogP contribution < -0.4 is 0 Å². The molecule has 3 aromatic rings. The molecule has 0 atom stereocenters. The molecular weight excluding hydrogens is 420 g/mol. The first-order valence-electron chi connectivity index (χ1n) is 9.08. The second kappa shape index (κ2) is 7.66. The van der Waals surface area contributed by atoms with E-state index in [1.807, 2.05) is 19.9 Å². The normalized spacial score (nSPS) is 15.2. The van der Waals surface area contributed by atoms with Crippen molar-refractivity contribution in [2.24, 2.45) is 4.40 Å². The number of benzene rings is 2. The number of Topliss-reactive ketones (excluding diaryl/α,β-unsaturated/α-hetero) is 1. The zero-order valence-corrected chi connectivity index (χ0v) is 18.1. The smallest absolute Gasteiger partial charge is 0.283 e. The molecule has 0 saturated carbocycles. The van der Waals surface area contributed by atoms with Crippen LogP contribution in [0.2, 0.25) is 0 Å². The van der Waals surface area contributed by atoms with Gasteiger partial charge in [-0.25, -0.2) is 4.98 Å². The largest absolute Gasteiger partial charge is 0.288 e. The second-order valence-electron chi connectivity index (χ2n) is 6.93. The van der Waals surface area contributed by atoms with Gasteiger partial charge in [0, 0.05) is 11.1 Å². The van der Waals surface area contributed by atoms with E-state index >= 15 is 0 Å². The fourth-order valence-electron chi connectivity index (χ4n) is 3.19. The van der Waals surface area contributed by atoms with Crippen LogP contribution >= 0.6 is 11.8 Å². The Morgan fingerprint density at radius 2 is 1.70 bits per heavy atom. The number of hydrogen-bond acceptors (Lipinski definition) is 6. The van der Waals surface area contributed by atoms with E-state index in [1.54, 1.807) is 37.3 Å². The number of nitrogens with zero attached hydrogens (tertiary/aromatic N) is 3. The maximum Gasteiger partial charge on any atom is 0.283 e. The van der Waals surface area contributed by atoms with E-state index in [0.717, 1.165) is 22.9 Å². The average molecular weight is 439 g/mol.